The molecule has 0 saturated carbocycles. The van der Waals surface area contributed by atoms with Gasteiger partial charge in [0.05, 0.1) is 52.9 Å². The van der Waals surface area contributed by atoms with Crippen molar-refractivity contribution >= 4 is 0 Å². The van der Waals surface area contributed by atoms with Gasteiger partial charge in [-0.15, -0.1) is 0 Å². The fraction of sp³-hybridized carbons (Fsp3) is 0.833. The first-order chi connectivity index (χ1) is 9.00. The molecule has 0 atom stereocenters. The third-order valence-electron chi connectivity index (χ3n) is 2.06. The minimum absolute atomic E-state index is 0.499. The molecule has 0 N–H and O–H groups in total. The van der Waals surface area contributed by atoms with E-state index in [1.807, 2.05) is 0 Å². The molecule has 1 aliphatic rings. The van der Waals surface area contributed by atoms with Crippen molar-refractivity contribution in [3.8, 4) is 0 Å². The monoisotopic (exact) mass is 262 g/mol. The van der Waals surface area contributed by atoms with Gasteiger partial charge in [0.25, 0.3) is 0 Å². The predicted molar refractivity (Wildman–Crippen MR) is 64.3 cm³/mol. The van der Waals surface area contributed by atoms with Gasteiger partial charge < -0.3 is 28.4 Å². The second kappa shape index (κ2) is 12.6. The molecule has 6 heteroatoms. The van der Waals surface area contributed by atoms with Gasteiger partial charge in [-0.25, -0.2) is 0 Å². The summed E-state index contributed by atoms with van der Waals surface area (Å²) in [6, 6.07) is 0. The van der Waals surface area contributed by atoms with Crippen LogP contribution in [0.25, 0.3) is 0 Å². The van der Waals surface area contributed by atoms with Gasteiger partial charge in [0.15, 0.2) is 0 Å². The Hall–Kier alpha value is -0.820. The van der Waals surface area contributed by atoms with Crippen LogP contribution in [0.5, 0.6) is 0 Å². The fourth-order valence-electron chi connectivity index (χ4n) is 1.19. The number of rotatable bonds is 0. The van der Waals surface area contributed by atoms with E-state index in [-0.39, 0.29) is 0 Å². The summed E-state index contributed by atoms with van der Waals surface area (Å²) in [5.41, 5.74) is 0. The zero-order valence-electron chi connectivity index (χ0n) is 10.7. The Kier molecular flexibility index (Phi) is 10.7. The number of hydrogen-bond donors (Lipinski definition) is 0. The number of hydrogen-bond acceptors (Lipinski definition) is 6. The topological polar surface area (TPSA) is 55.4 Å². The molecule has 1 aliphatic heterocycles. The van der Waals surface area contributed by atoms with Gasteiger partial charge in [0.1, 0.15) is 25.7 Å². The summed E-state index contributed by atoms with van der Waals surface area (Å²) in [6.45, 7) is 5.48. The Morgan fingerprint density at radius 2 is 0.667 bits per heavy atom. The molecule has 0 aromatic rings. The summed E-state index contributed by atoms with van der Waals surface area (Å²) in [6.07, 6.45) is 3.01. The van der Waals surface area contributed by atoms with Crippen molar-refractivity contribution in [1.29, 1.82) is 0 Å². The molecule has 0 bridgehead atoms. The van der Waals surface area contributed by atoms with E-state index in [0.29, 0.717) is 66.1 Å². The van der Waals surface area contributed by atoms with Crippen LogP contribution in [0.2, 0.25) is 0 Å². The largest absolute Gasteiger partial charge is 0.496 e. The zero-order valence-corrected chi connectivity index (χ0v) is 10.7. The van der Waals surface area contributed by atoms with Gasteiger partial charge in [-0.05, 0) is 0 Å². The first-order valence-electron chi connectivity index (χ1n) is 6.19. The van der Waals surface area contributed by atoms with Gasteiger partial charge in [-0.2, -0.15) is 0 Å². The van der Waals surface area contributed by atoms with Gasteiger partial charge in [-0.3, -0.25) is 0 Å². The van der Waals surface area contributed by atoms with E-state index in [2.05, 4.69) is 0 Å². The first-order valence-corrected chi connectivity index (χ1v) is 6.19. The van der Waals surface area contributed by atoms with E-state index in [9.17, 15) is 0 Å². The highest BCUT2D eigenvalue weighted by atomic mass is 16.6. The van der Waals surface area contributed by atoms with Crippen LogP contribution in [0.15, 0.2) is 12.5 Å². The molecule has 0 saturated heterocycles. The van der Waals surface area contributed by atoms with Crippen molar-refractivity contribution in [3.05, 3.63) is 12.5 Å². The van der Waals surface area contributed by atoms with Crippen LogP contribution >= 0.6 is 0 Å². The molecular formula is C12H22O6. The third kappa shape index (κ3) is 10.3. The molecule has 6 nitrogen and oxygen atoms in total. The highest BCUT2D eigenvalue weighted by Gasteiger charge is 1.93. The van der Waals surface area contributed by atoms with Crippen LogP contribution < -0.4 is 0 Å². The van der Waals surface area contributed by atoms with E-state index in [4.69, 9.17) is 28.4 Å². The predicted octanol–water partition coefficient (Wildman–Crippen LogP) is 0.571. The molecule has 18 heavy (non-hydrogen) atoms. The fourth-order valence-corrected chi connectivity index (χ4v) is 1.19. The Balaban J connectivity index is 2.06. The molecule has 1 heterocycles. The molecule has 0 aliphatic carbocycles. The molecule has 0 amide bonds. The SMILES string of the molecule is C1=C\OCCOCCOCCOCCOCCO/1. The maximum Gasteiger partial charge on any atom is 0.117 e. The van der Waals surface area contributed by atoms with Crippen molar-refractivity contribution in [1.82, 2.24) is 0 Å². The lowest BCUT2D eigenvalue weighted by Crippen LogP contribution is -2.13. The standard InChI is InChI=1S/C12H22O6/c1-2-14-5-6-16-9-10-18-12-11-17-8-7-15-4-3-13-1/h1-2H,3-12H2/b2-1-. The summed E-state index contributed by atoms with van der Waals surface area (Å²) >= 11 is 0. The Morgan fingerprint density at radius 3 is 1.00 bits per heavy atom. The quantitative estimate of drug-likeness (QED) is 0.636. The Bertz CT molecular complexity index is 177. The van der Waals surface area contributed by atoms with Crippen LogP contribution in [-0.4, -0.2) is 66.1 Å². The summed E-state index contributed by atoms with van der Waals surface area (Å²) in [4.78, 5) is 0. The molecule has 0 aromatic carbocycles. The van der Waals surface area contributed by atoms with Crippen molar-refractivity contribution in [3.63, 3.8) is 0 Å². The van der Waals surface area contributed by atoms with Gasteiger partial charge in [0, 0.05) is 0 Å². The average molecular weight is 262 g/mol. The molecule has 0 aromatic heterocycles. The molecule has 106 valence electrons. The van der Waals surface area contributed by atoms with Crippen LogP contribution in [0.4, 0.5) is 0 Å². The molecule has 0 radical (unpaired) electrons. The molecule has 1 rings (SSSR count). The highest BCUT2D eigenvalue weighted by molar-refractivity contribution is 4.60. The van der Waals surface area contributed by atoms with Crippen molar-refractivity contribution in [2.45, 2.75) is 0 Å². The van der Waals surface area contributed by atoms with E-state index in [0.717, 1.165) is 0 Å². The van der Waals surface area contributed by atoms with Crippen molar-refractivity contribution < 1.29 is 28.4 Å². The molecule has 0 unspecified atom stereocenters. The molecule has 0 fully saturated rings. The summed E-state index contributed by atoms with van der Waals surface area (Å²) in [7, 11) is 0. The average Bonchev–Trinajstić information content (AvgIpc) is 2.39. The summed E-state index contributed by atoms with van der Waals surface area (Å²) in [5, 5.41) is 0. The normalized spacial score (nSPS) is 24.0. The minimum atomic E-state index is 0.499. The van der Waals surface area contributed by atoms with E-state index >= 15 is 0 Å². The second-order valence-corrected chi connectivity index (χ2v) is 3.46. The zero-order chi connectivity index (χ0) is 12.7. The van der Waals surface area contributed by atoms with E-state index in [1.165, 1.54) is 12.5 Å². The lowest BCUT2D eigenvalue weighted by atomic mass is 10.7. The summed E-state index contributed by atoms with van der Waals surface area (Å²) < 4.78 is 31.5. The highest BCUT2D eigenvalue weighted by Crippen LogP contribution is 1.87. The molecule has 0 spiro atoms. The lowest BCUT2D eigenvalue weighted by Gasteiger charge is -2.08. The van der Waals surface area contributed by atoms with Crippen LogP contribution in [0.1, 0.15) is 0 Å². The van der Waals surface area contributed by atoms with Gasteiger partial charge in [-0.1, -0.05) is 0 Å². The van der Waals surface area contributed by atoms with Gasteiger partial charge in [0.2, 0.25) is 0 Å². The smallest absolute Gasteiger partial charge is 0.117 e. The minimum Gasteiger partial charge on any atom is -0.496 e. The van der Waals surface area contributed by atoms with Crippen LogP contribution in [0, 0.1) is 0 Å². The van der Waals surface area contributed by atoms with Crippen LogP contribution in [0.3, 0.4) is 0 Å². The maximum absolute atomic E-state index is 5.31. The Morgan fingerprint density at radius 1 is 0.389 bits per heavy atom. The summed E-state index contributed by atoms with van der Waals surface area (Å²) in [5.74, 6) is 0. The lowest BCUT2D eigenvalue weighted by molar-refractivity contribution is -0.0118. The maximum atomic E-state index is 5.31. The Labute approximate surface area is 108 Å². The van der Waals surface area contributed by atoms with E-state index < -0.39 is 0 Å². The van der Waals surface area contributed by atoms with Crippen LogP contribution in [-0.2, 0) is 28.4 Å². The first kappa shape index (κ1) is 15.2. The second-order valence-electron chi connectivity index (χ2n) is 3.46. The number of ether oxygens (including phenoxy) is 6. The van der Waals surface area contributed by atoms with Gasteiger partial charge >= 0.3 is 0 Å². The molecular weight excluding hydrogens is 240 g/mol. The van der Waals surface area contributed by atoms with Crippen molar-refractivity contribution in [2.24, 2.45) is 0 Å². The van der Waals surface area contributed by atoms with E-state index in [1.54, 1.807) is 0 Å². The third-order valence-corrected chi connectivity index (χ3v) is 2.06. The van der Waals surface area contributed by atoms with Crippen molar-refractivity contribution in [2.75, 3.05) is 66.1 Å².